The highest BCUT2D eigenvalue weighted by Crippen LogP contribution is 2.30. The Morgan fingerprint density at radius 3 is 2.95 bits per heavy atom. The molecule has 1 aromatic heterocycles. The predicted octanol–water partition coefficient (Wildman–Crippen LogP) is 2.28. The lowest BCUT2D eigenvalue weighted by molar-refractivity contribution is -0.137. The lowest BCUT2D eigenvalue weighted by atomic mass is 10.2. The maximum absolute atomic E-state index is 13.9. The molecule has 0 radical (unpaired) electrons. The molecule has 0 spiro atoms. The summed E-state index contributed by atoms with van der Waals surface area (Å²) in [5, 5.41) is 19.8. The van der Waals surface area contributed by atoms with Gasteiger partial charge in [-0.05, 0) is 45.4 Å². The summed E-state index contributed by atoms with van der Waals surface area (Å²) in [6.07, 6.45) is -0.149. The van der Waals surface area contributed by atoms with E-state index in [0.29, 0.717) is 4.47 Å². The number of benzene rings is 1. The van der Waals surface area contributed by atoms with E-state index in [0.717, 1.165) is 0 Å². The Hall–Kier alpha value is -1.83. The van der Waals surface area contributed by atoms with Gasteiger partial charge in [0.05, 0.1) is 18.0 Å². The number of halogens is 2. The van der Waals surface area contributed by atoms with Crippen molar-refractivity contribution in [3.05, 3.63) is 28.5 Å². The van der Waals surface area contributed by atoms with Crippen LogP contribution in [0.1, 0.15) is 19.4 Å². The zero-order chi connectivity index (χ0) is 14.0. The highest BCUT2D eigenvalue weighted by molar-refractivity contribution is 9.10. The fourth-order valence-corrected chi connectivity index (χ4v) is 2.23. The van der Waals surface area contributed by atoms with Gasteiger partial charge in [0, 0.05) is 4.47 Å². The molecule has 0 fully saturated rings. The molecule has 0 saturated heterocycles. The Labute approximate surface area is 116 Å². The molecule has 0 aliphatic carbocycles. The van der Waals surface area contributed by atoms with Crippen molar-refractivity contribution in [1.29, 1.82) is 0 Å². The first-order valence-corrected chi connectivity index (χ1v) is 6.24. The number of aliphatic carboxylic acids is 1. The number of tetrazole rings is 1. The molecular formula is C11H10BrFN4O2. The Morgan fingerprint density at radius 2 is 2.32 bits per heavy atom. The first kappa shape index (κ1) is 13.6. The molecule has 1 N–H and O–H groups in total. The minimum Gasteiger partial charge on any atom is -0.481 e. The van der Waals surface area contributed by atoms with E-state index >= 15 is 0 Å². The van der Waals surface area contributed by atoms with Gasteiger partial charge in [-0.2, -0.15) is 0 Å². The van der Waals surface area contributed by atoms with Crippen LogP contribution in [0.5, 0.6) is 0 Å². The van der Waals surface area contributed by atoms with Crippen molar-refractivity contribution in [2.24, 2.45) is 0 Å². The zero-order valence-electron chi connectivity index (χ0n) is 9.92. The van der Waals surface area contributed by atoms with E-state index in [4.69, 9.17) is 5.11 Å². The van der Waals surface area contributed by atoms with Gasteiger partial charge >= 0.3 is 5.97 Å². The highest BCUT2D eigenvalue weighted by atomic mass is 79.9. The van der Waals surface area contributed by atoms with Gasteiger partial charge in [-0.15, -0.1) is 5.10 Å². The second-order valence-electron chi connectivity index (χ2n) is 3.99. The largest absolute Gasteiger partial charge is 0.481 e. The number of aromatic nitrogens is 4. The second kappa shape index (κ2) is 5.43. The molecule has 0 amide bonds. The van der Waals surface area contributed by atoms with E-state index in [2.05, 4.69) is 31.5 Å². The van der Waals surface area contributed by atoms with Gasteiger partial charge in [0.25, 0.3) is 0 Å². The first-order valence-electron chi connectivity index (χ1n) is 5.44. The monoisotopic (exact) mass is 328 g/mol. The van der Waals surface area contributed by atoms with Crippen LogP contribution in [0.15, 0.2) is 22.7 Å². The van der Waals surface area contributed by atoms with Crippen molar-refractivity contribution in [3.63, 3.8) is 0 Å². The van der Waals surface area contributed by atoms with Crippen LogP contribution in [-0.4, -0.2) is 31.3 Å². The minimum absolute atomic E-state index is 0.149. The van der Waals surface area contributed by atoms with Crippen molar-refractivity contribution >= 4 is 21.9 Å². The summed E-state index contributed by atoms with van der Waals surface area (Å²) >= 11 is 3.24. The Kier molecular flexibility index (Phi) is 3.89. The molecule has 0 saturated carbocycles. The van der Waals surface area contributed by atoms with Crippen molar-refractivity contribution in [1.82, 2.24) is 20.2 Å². The third kappa shape index (κ3) is 2.78. The van der Waals surface area contributed by atoms with Crippen LogP contribution in [0.4, 0.5) is 4.39 Å². The summed E-state index contributed by atoms with van der Waals surface area (Å²) in [7, 11) is 0. The predicted molar refractivity (Wildman–Crippen MR) is 67.9 cm³/mol. The Bertz CT molecular complexity index is 596. The number of hydrogen-bond donors (Lipinski definition) is 1. The summed E-state index contributed by atoms with van der Waals surface area (Å²) in [6, 6.07) is 4.03. The molecule has 6 nitrogen and oxygen atoms in total. The van der Waals surface area contributed by atoms with Crippen molar-refractivity contribution < 1.29 is 14.3 Å². The molecule has 2 rings (SSSR count). The summed E-state index contributed by atoms with van der Waals surface area (Å²) in [4.78, 5) is 10.7. The van der Waals surface area contributed by atoms with Crippen molar-refractivity contribution in [2.75, 3.05) is 0 Å². The third-order valence-corrected chi connectivity index (χ3v) is 3.23. The maximum atomic E-state index is 13.9. The SMILES string of the molecule is CC(CC(=O)O)n1nnnc1-c1c(F)cccc1Br. The topological polar surface area (TPSA) is 80.9 Å². The number of carboxylic acid groups (broad SMARTS) is 1. The Balaban J connectivity index is 2.47. The van der Waals surface area contributed by atoms with Crippen LogP contribution < -0.4 is 0 Å². The number of hydrogen-bond acceptors (Lipinski definition) is 4. The van der Waals surface area contributed by atoms with Gasteiger partial charge in [0.1, 0.15) is 5.82 Å². The number of carbonyl (C=O) groups is 1. The molecule has 1 aromatic carbocycles. The van der Waals surface area contributed by atoms with Crippen molar-refractivity contribution in [3.8, 4) is 11.4 Å². The standard InChI is InChI=1S/C11H10BrFN4O2/c1-6(5-9(18)19)17-11(14-15-16-17)10-7(12)3-2-4-8(10)13/h2-4,6H,5H2,1H3,(H,18,19). The van der Waals surface area contributed by atoms with E-state index < -0.39 is 17.8 Å². The second-order valence-corrected chi connectivity index (χ2v) is 4.84. The van der Waals surface area contributed by atoms with Gasteiger partial charge in [-0.1, -0.05) is 6.07 Å². The molecule has 0 bridgehead atoms. The molecular weight excluding hydrogens is 319 g/mol. The van der Waals surface area contributed by atoms with Crippen LogP contribution in [0, 0.1) is 5.82 Å². The fourth-order valence-electron chi connectivity index (χ4n) is 1.71. The smallest absolute Gasteiger partial charge is 0.305 e. The average Bonchev–Trinajstić information content (AvgIpc) is 2.76. The van der Waals surface area contributed by atoms with Crippen LogP contribution in [0.25, 0.3) is 11.4 Å². The van der Waals surface area contributed by atoms with E-state index in [1.54, 1.807) is 19.1 Å². The van der Waals surface area contributed by atoms with E-state index in [-0.39, 0.29) is 17.8 Å². The van der Waals surface area contributed by atoms with Crippen LogP contribution >= 0.6 is 15.9 Å². The number of nitrogens with zero attached hydrogens (tertiary/aromatic N) is 4. The molecule has 1 atom stereocenters. The quantitative estimate of drug-likeness (QED) is 0.931. The summed E-state index contributed by atoms with van der Waals surface area (Å²) in [5.74, 6) is -1.26. The maximum Gasteiger partial charge on any atom is 0.305 e. The summed E-state index contributed by atoms with van der Waals surface area (Å²) < 4.78 is 15.7. The van der Waals surface area contributed by atoms with Crippen LogP contribution in [0.2, 0.25) is 0 Å². The zero-order valence-corrected chi connectivity index (χ0v) is 11.5. The van der Waals surface area contributed by atoms with Gasteiger partial charge in [-0.3, -0.25) is 4.79 Å². The molecule has 2 aromatic rings. The lowest BCUT2D eigenvalue weighted by Crippen LogP contribution is -2.13. The molecule has 0 aliphatic rings. The summed E-state index contributed by atoms with van der Waals surface area (Å²) in [6.45, 7) is 1.66. The Morgan fingerprint density at radius 1 is 1.58 bits per heavy atom. The molecule has 1 unspecified atom stereocenters. The third-order valence-electron chi connectivity index (χ3n) is 2.57. The van der Waals surface area contributed by atoms with Gasteiger partial charge in [-0.25, -0.2) is 9.07 Å². The van der Waals surface area contributed by atoms with Crippen molar-refractivity contribution in [2.45, 2.75) is 19.4 Å². The number of carboxylic acids is 1. The van der Waals surface area contributed by atoms with E-state index in [1.807, 2.05) is 0 Å². The molecule has 19 heavy (non-hydrogen) atoms. The normalized spacial score (nSPS) is 12.4. The number of rotatable bonds is 4. The lowest BCUT2D eigenvalue weighted by Gasteiger charge is -2.12. The minimum atomic E-state index is -0.971. The fraction of sp³-hybridized carbons (Fsp3) is 0.273. The van der Waals surface area contributed by atoms with Crippen LogP contribution in [-0.2, 0) is 4.79 Å². The van der Waals surface area contributed by atoms with E-state index in [1.165, 1.54) is 10.7 Å². The van der Waals surface area contributed by atoms with Gasteiger partial charge in [0.2, 0.25) is 0 Å². The molecule has 8 heteroatoms. The molecule has 0 aliphatic heterocycles. The van der Waals surface area contributed by atoms with Gasteiger partial charge in [0.15, 0.2) is 5.82 Å². The first-order chi connectivity index (χ1) is 9.00. The molecule has 100 valence electrons. The average molecular weight is 329 g/mol. The molecule has 1 heterocycles. The van der Waals surface area contributed by atoms with Gasteiger partial charge < -0.3 is 5.11 Å². The van der Waals surface area contributed by atoms with E-state index in [9.17, 15) is 9.18 Å². The summed E-state index contributed by atoms with van der Waals surface area (Å²) in [5.41, 5.74) is 0.213. The van der Waals surface area contributed by atoms with Crippen LogP contribution in [0.3, 0.4) is 0 Å². The highest BCUT2D eigenvalue weighted by Gasteiger charge is 2.21.